The van der Waals surface area contributed by atoms with Crippen LogP contribution in [0.1, 0.15) is 52.9 Å². The number of methoxy groups -OCH3 is 1. The second kappa shape index (κ2) is 6.41. The van der Waals surface area contributed by atoms with E-state index in [1.165, 1.54) is 6.92 Å². The summed E-state index contributed by atoms with van der Waals surface area (Å²) in [7, 11) is 1.67. The van der Waals surface area contributed by atoms with Crippen LogP contribution in [0.5, 0.6) is 0 Å². The minimum Gasteiger partial charge on any atom is -0.384 e. The summed E-state index contributed by atoms with van der Waals surface area (Å²) in [6, 6.07) is 0. The standard InChI is InChI=1S/C12H24F2O/c1-5-12(13,14)9-7-6-8-11(2,3)10-15-4/h5-10H2,1-4H3. The molecule has 0 aliphatic carbocycles. The number of hydrogen-bond acceptors (Lipinski definition) is 1. The highest BCUT2D eigenvalue weighted by molar-refractivity contribution is 4.69. The van der Waals surface area contributed by atoms with Gasteiger partial charge in [-0.3, -0.25) is 0 Å². The Morgan fingerprint density at radius 2 is 1.60 bits per heavy atom. The van der Waals surface area contributed by atoms with E-state index in [9.17, 15) is 8.78 Å². The summed E-state index contributed by atoms with van der Waals surface area (Å²) in [5.74, 6) is -2.47. The molecule has 0 aliphatic rings. The van der Waals surface area contributed by atoms with Crippen molar-refractivity contribution in [2.45, 2.75) is 58.8 Å². The molecule has 0 saturated carbocycles. The lowest BCUT2D eigenvalue weighted by Crippen LogP contribution is -2.19. The van der Waals surface area contributed by atoms with E-state index in [-0.39, 0.29) is 18.3 Å². The average molecular weight is 222 g/mol. The lowest BCUT2D eigenvalue weighted by molar-refractivity contribution is -0.0147. The second-order valence-electron chi connectivity index (χ2n) is 5.01. The third-order valence-corrected chi connectivity index (χ3v) is 2.70. The van der Waals surface area contributed by atoms with Crippen LogP contribution in [0.15, 0.2) is 0 Å². The molecular formula is C12H24F2O. The third kappa shape index (κ3) is 7.71. The first-order valence-electron chi connectivity index (χ1n) is 5.70. The van der Waals surface area contributed by atoms with E-state index >= 15 is 0 Å². The first kappa shape index (κ1) is 14.8. The van der Waals surface area contributed by atoms with Crippen molar-refractivity contribution in [3.05, 3.63) is 0 Å². The molecule has 0 aromatic carbocycles. The lowest BCUT2D eigenvalue weighted by atomic mass is 9.87. The van der Waals surface area contributed by atoms with Crippen LogP contribution in [-0.4, -0.2) is 19.6 Å². The summed E-state index contributed by atoms with van der Waals surface area (Å²) >= 11 is 0. The molecule has 0 amide bonds. The molecule has 0 N–H and O–H groups in total. The molecule has 3 heteroatoms. The van der Waals surface area contributed by atoms with Crippen LogP contribution in [0.2, 0.25) is 0 Å². The van der Waals surface area contributed by atoms with Crippen molar-refractivity contribution in [3.63, 3.8) is 0 Å². The second-order valence-corrected chi connectivity index (χ2v) is 5.01. The van der Waals surface area contributed by atoms with E-state index in [4.69, 9.17) is 4.74 Å². The van der Waals surface area contributed by atoms with Crippen LogP contribution in [0.4, 0.5) is 8.78 Å². The van der Waals surface area contributed by atoms with E-state index in [1.807, 2.05) is 0 Å². The Balaban J connectivity index is 3.62. The van der Waals surface area contributed by atoms with E-state index in [0.717, 1.165) is 12.8 Å². The van der Waals surface area contributed by atoms with Crippen molar-refractivity contribution in [2.24, 2.45) is 5.41 Å². The Morgan fingerprint density at radius 3 is 2.07 bits per heavy atom. The van der Waals surface area contributed by atoms with Crippen LogP contribution < -0.4 is 0 Å². The van der Waals surface area contributed by atoms with Gasteiger partial charge in [-0.1, -0.05) is 27.2 Å². The van der Waals surface area contributed by atoms with Crippen molar-refractivity contribution in [3.8, 4) is 0 Å². The maximum absolute atomic E-state index is 12.9. The highest BCUT2D eigenvalue weighted by Gasteiger charge is 2.25. The Morgan fingerprint density at radius 1 is 1.07 bits per heavy atom. The SMILES string of the molecule is CCC(F)(F)CCCCC(C)(C)COC. The predicted octanol–water partition coefficient (Wildman–Crippen LogP) is 4.26. The molecule has 15 heavy (non-hydrogen) atoms. The Bertz CT molecular complexity index is 167. The maximum Gasteiger partial charge on any atom is 0.247 e. The van der Waals surface area contributed by atoms with E-state index in [2.05, 4.69) is 13.8 Å². The van der Waals surface area contributed by atoms with E-state index in [1.54, 1.807) is 7.11 Å². The molecule has 0 radical (unpaired) electrons. The van der Waals surface area contributed by atoms with Crippen molar-refractivity contribution >= 4 is 0 Å². The van der Waals surface area contributed by atoms with Gasteiger partial charge in [0.05, 0.1) is 6.61 Å². The maximum atomic E-state index is 12.9. The monoisotopic (exact) mass is 222 g/mol. The van der Waals surface area contributed by atoms with Gasteiger partial charge in [0, 0.05) is 20.0 Å². The Labute approximate surface area is 92.2 Å². The van der Waals surface area contributed by atoms with Gasteiger partial charge in [-0.05, 0) is 18.3 Å². The largest absolute Gasteiger partial charge is 0.384 e. The van der Waals surface area contributed by atoms with Crippen molar-refractivity contribution < 1.29 is 13.5 Å². The summed E-state index contributed by atoms with van der Waals surface area (Å²) in [4.78, 5) is 0. The van der Waals surface area contributed by atoms with Crippen molar-refractivity contribution in [1.29, 1.82) is 0 Å². The summed E-state index contributed by atoms with van der Waals surface area (Å²) in [5.41, 5.74) is 0.107. The molecule has 0 aromatic rings. The number of halogens is 2. The predicted molar refractivity (Wildman–Crippen MR) is 59.4 cm³/mol. The molecule has 0 spiro atoms. The minimum atomic E-state index is -2.47. The van der Waals surface area contributed by atoms with Gasteiger partial charge < -0.3 is 4.74 Å². The fourth-order valence-corrected chi connectivity index (χ4v) is 1.63. The lowest BCUT2D eigenvalue weighted by Gasteiger charge is -2.23. The summed E-state index contributed by atoms with van der Waals surface area (Å²) in [6.07, 6.45) is 2.38. The molecule has 0 rings (SSSR count). The zero-order valence-corrected chi connectivity index (χ0v) is 10.4. The van der Waals surface area contributed by atoms with E-state index in [0.29, 0.717) is 13.0 Å². The first-order chi connectivity index (χ1) is 6.83. The highest BCUT2D eigenvalue weighted by Crippen LogP contribution is 2.28. The number of alkyl halides is 2. The van der Waals surface area contributed by atoms with Gasteiger partial charge in [0.25, 0.3) is 0 Å². The van der Waals surface area contributed by atoms with Gasteiger partial charge in [0.1, 0.15) is 0 Å². The van der Waals surface area contributed by atoms with Gasteiger partial charge in [-0.2, -0.15) is 0 Å². The molecule has 0 fully saturated rings. The van der Waals surface area contributed by atoms with Crippen LogP contribution in [0.25, 0.3) is 0 Å². The molecule has 0 aliphatic heterocycles. The zero-order valence-electron chi connectivity index (χ0n) is 10.4. The number of rotatable bonds is 8. The fourth-order valence-electron chi connectivity index (χ4n) is 1.63. The molecule has 0 saturated heterocycles. The summed E-state index contributed by atoms with van der Waals surface area (Å²) in [6.45, 7) is 6.44. The first-order valence-corrected chi connectivity index (χ1v) is 5.70. The molecule has 92 valence electrons. The topological polar surface area (TPSA) is 9.23 Å². The molecule has 1 nitrogen and oxygen atoms in total. The van der Waals surface area contributed by atoms with Crippen LogP contribution in [-0.2, 0) is 4.74 Å². The fraction of sp³-hybridized carbons (Fsp3) is 1.00. The highest BCUT2D eigenvalue weighted by atomic mass is 19.3. The van der Waals surface area contributed by atoms with Crippen molar-refractivity contribution in [2.75, 3.05) is 13.7 Å². The van der Waals surface area contributed by atoms with Gasteiger partial charge >= 0.3 is 0 Å². The van der Waals surface area contributed by atoms with E-state index < -0.39 is 5.92 Å². The van der Waals surface area contributed by atoms with Crippen LogP contribution >= 0.6 is 0 Å². The smallest absolute Gasteiger partial charge is 0.247 e. The van der Waals surface area contributed by atoms with Gasteiger partial charge in [0.2, 0.25) is 5.92 Å². The van der Waals surface area contributed by atoms with Crippen LogP contribution in [0, 0.1) is 5.41 Å². The Kier molecular flexibility index (Phi) is 6.34. The molecular weight excluding hydrogens is 198 g/mol. The quantitative estimate of drug-likeness (QED) is 0.557. The van der Waals surface area contributed by atoms with Crippen molar-refractivity contribution in [1.82, 2.24) is 0 Å². The summed E-state index contributed by atoms with van der Waals surface area (Å²) < 4.78 is 30.9. The van der Waals surface area contributed by atoms with Gasteiger partial charge in [-0.15, -0.1) is 0 Å². The average Bonchev–Trinajstić information content (AvgIpc) is 2.13. The number of unbranched alkanes of at least 4 members (excludes halogenated alkanes) is 1. The number of ether oxygens (including phenoxy) is 1. The summed E-state index contributed by atoms with van der Waals surface area (Å²) in [5, 5.41) is 0. The molecule has 0 atom stereocenters. The molecule has 0 aromatic heterocycles. The van der Waals surface area contributed by atoms with Crippen LogP contribution in [0.3, 0.4) is 0 Å². The van der Waals surface area contributed by atoms with Gasteiger partial charge in [-0.25, -0.2) is 8.78 Å². The normalized spacial score (nSPS) is 13.2. The minimum absolute atomic E-state index is 0.0204. The molecule has 0 bridgehead atoms. The number of hydrogen-bond donors (Lipinski definition) is 0. The van der Waals surface area contributed by atoms with Gasteiger partial charge in [0.15, 0.2) is 0 Å². The Hall–Kier alpha value is -0.180. The molecule has 0 unspecified atom stereocenters. The molecule has 0 heterocycles. The third-order valence-electron chi connectivity index (χ3n) is 2.70. The zero-order chi connectivity index (χ0) is 11.9.